The van der Waals surface area contributed by atoms with Crippen molar-refractivity contribution in [1.29, 1.82) is 0 Å². The Bertz CT molecular complexity index is 844. The molecule has 2 aromatic rings. The van der Waals surface area contributed by atoms with E-state index >= 15 is 0 Å². The van der Waals surface area contributed by atoms with Crippen LogP contribution in [0.15, 0.2) is 35.1 Å². The lowest BCUT2D eigenvalue weighted by Gasteiger charge is -2.12. The lowest BCUT2D eigenvalue weighted by molar-refractivity contribution is -0.117. The van der Waals surface area contributed by atoms with E-state index in [1.54, 1.807) is 24.3 Å². The van der Waals surface area contributed by atoms with E-state index in [1.807, 2.05) is 6.07 Å². The Balaban J connectivity index is 2.03. The molecule has 1 N–H and O–H groups in total. The van der Waals surface area contributed by atoms with Crippen LogP contribution in [-0.4, -0.2) is 33.6 Å². The molecule has 0 saturated carbocycles. The van der Waals surface area contributed by atoms with Crippen LogP contribution in [0.25, 0.3) is 0 Å². The summed E-state index contributed by atoms with van der Waals surface area (Å²) >= 11 is 0. The van der Waals surface area contributed by atoms with Gasteiger partial charge in [0, 0.05) is 7.05 Å². The predicted molar refractivity (Wildman–Crippen MR) is 79.6 cm³/mol. The Hall–Kier alpha value is -3.16. The first kappa shape index (κ1) is 14.8. The van der Waals surface area contributed by atoms with Gasteiger partial charge in [-0.05, 0) is 5.56 Å². The van der Waals surface area contributed by atoms with Crippen LogP contribution >= 0.6 is 0 Å². The van der Waals surface area contributed by atoms with Gasteiger partial charge in [0.2, 0.25) is 17.6 Å². The number of aromatic nitrogens is 2. The number of ether oxygens (including phenoxy) is 1. The second kappa shape index (κ2) is 5.56. The molecule has 118 valence electrons. The molecule has 0 spiro atoms. The zero-order valence-corrected chi connectivity index (χ0v) is 12.2. The predicted octanol–water partition coefficient (Wildman–Crippen LogP) is 0.497. The molecular weight excluding hydrogens is 302 g/mol. The molecule has 1 aromatic heterocycles. The fourth-order valence-electron chi connectivity index (χ4n) is 2.28. The third-order valence-electron chi connectivity index (χ3n) is 3.50. The number of nitrogens with zero attached hydrogens (tertiary/aromatic N) is 3. The summed E-state index contributed by atoms with van der Waals surface area (Å²) in [6.45, 7) is -0.152. The van der Waals surface area contributed by atoms with Crippen molar-refractivity contribution >= 4 is 17.8 Å². The number of hydrogen-bond acceptors (Lipinski definition) is 5. The van der Waals surface area contributed by atoms with Crippen molar-refractivity contribution < 1.29 is 19.4 Å². The van der Waals surface area contributed by atoms with Gasteiger partial charge < -0.3 is 9.84 Å². The summed E-state index contributed by atoms with van der Waals surface area (Å²) in [5.74, 6) is -2.09. The Morgan fingerprint density at radius 2 is 2.00 bits per heavy atom. The molecule has 0 saturated heterocycles. The number of benzene rings is 1. The quantitative estimate of drug-likeness (QED) is 0.881. The summed E-state index contributed by atoms with van der Waals surface area (Å²) in [4.78, 5) is 40.6. The molecule has 1 aliphatic heterocycles. The van der Waals surface area contributed by atoms with Gasteiger partial charge in [0.05, 0.1) is 0 Å². The van der Waals surface area contributed by atoms with Gasteiger partial charge in [-0.1, -0.05) is 30.3 Å². The number of rotatable bonds is 4. The molecule has 8 nitrogen and oxygen atoms in total. The van der Waals surface area contributed by atoms with E-state index in [0.29, 0.717) is 0 Å². The number of carboxylic acid groups (broad SMARTS) is 1. The van der Waals surface area contributed by atoms with Crippen LogP contribution in [0.4, 0.5) is 5.95 Å². The van der Waals surface area contributed by atoms with Crippen LogP contribution in [0.5, 0.6) is 5.75 Å². The minimum Gasteiger partial charge on any atom is -0.481 e. The van der Waals surface area contributed by atoms with E-state index in [1.165, 1.54) is 7.05 Å². The van der Waals surface area contributed by atoms with Crippen LogP contribution in [0, 0.1) is 0 Å². The summed E-state index contributed by atoms with van der Waals surface area (Å²) < 4.78 is 6.51. The van der Waals surface area contributed by atoms with E-state index in [2.05, 4.69) is 4.98 Å². The van der Waals surface area contributed by atoms with Gasteiger partial charge in [-0.2, -0.15) is 0 Å². The summed E-state index contributed by atoms with van der Waals surface area (Å²) in [6, 6.07) is 9.02. The number of carboxylic acids is 1. The number of fused-ring (bicyclic) bond motifs is 1. The maximum Gasteiger partial charge on any atom is 0.358 e. The highest BCUT2D eigenvalue weighted by atomic mass is 16.5. The molecule has 0 atom stereocenters. The molecule has 1 aromatic carbocycles. The second-order valence-electron chi connectivity index (χ2n) is 5.01. The zero-order valence-electron chi connectivity index (χ0n) is 12.2. The summed E-state index contributed by atoms with van der Waals surface area (Å²) in [5.41, 5.74) is -0.401. The highest BCUT2D eigenvalue weighted by Crippen LogP contribution is 2.21. The van der Waals surface area contributed by atoms with Gasteiger partial charge in [-0.3, -0.25) is 19.1 Å². The number of likely N-dealkylation sites (N-methyl/N-ethyl adjacent to an activating group) is 1. The largest absolute Gasteiger partial charge is 0.481 e. The highest BCUT2D eigenvalue weighted by molar-refractivity contribution is 5.96. The third kappa shape index (κ3) is 2.54. The molecule has 8 heteroatoms. The van der Waals surface area contributed by atoms with Crippen molar-refractivity contribution in [2.24, 2.45) is 0 Å². The maximum atomic E-state index is 12.5. The SMILES string of the molecule is CN1C(=O)Cn2c1nc(C(=O)O)c(OCc1ccccc1)c2=O. The Morgan fingerprint density at radius 3 is 2.65 bits per heavy atom. The van der Waals surface area contributed by atoms with Crippen molar-refractivity contribution in [1.82, 2.24) is 9.55 Å². The summed E-state index contributed by atoms with van der Waals surface area (Å²) in [7, 11) is 1.43. The molecule has 23 heavy (non-hydrogen) atoms. The average molecular weight is 315 g/mol. The lowest BCUT2D eigenvalue weighted by atomic mass is 10.2. The molecule has 2 heterocycles. The van der Waals surface area contributed by atoms with Gasteiger partial charge in [0.15, 0.2) is 5.69 Å². The standard InChI is InChI=1S/C15H13N3O5/c1-17-10(19)7-18-13(20)12(11(14(21)22)16-15(17)18)23-8-9-5-3-2-4-6-9/h2-6H,7-8H2,1H3,(H,21,22). The van der Waals surface area contributed by atoms with Gasteiger partial charge in [-0.25, -0.2) is 9.78 Å². The fourth-order valence-corrected chi connectivity index (χ4v) is 2.28. The highest BCUT2D eigenvalue weighted by Gasteiger charge is 2.31. The topological polar surface area (TPSA) is 102 Å². The number of anilines is 1. The van der Waals surface area contributed by atoms with Crippen molar-refractivity contribution in [3.63, 3.8) is 0 Å². The Kier molecular flexibility index (Phi) is 3.57. The Labute approximate surface area is 130 Å². The van der Waals surface area contributed by atoms with E-state index in [4.69, 9.17) is 4.74 Å². The molecule has 0 bridgehead atoms. The van der Waals surface area contributed by atoms with Gasteiger partial charge >= 0.3 is 5.97 Å². The molecular formula is C15H13N3O5. The second-order valence-corrected chi connectivity index (χ2v) is 5.01. The smallest absolute Gasteiger partial charge is 0.358 e. The number of aromatic carboxylic acids is 1. The number of carbonyl (C=O) groups is 2. The monoisotopic (exact) mass is 315 g/mol. The average Bonchev–Trinajstić information content (AvgIpc) is 2.83. The molecule has 0 aliphatic carbocycles. The fraction of sp³-hybridized carbons (Fsp3) is 0.200. The minimum absolute atomic E-state index is 0.00413. The molecule has 1 amide bonds. The third-order valence-corrected chi connectivity index (χ3v) is 3.50. The molecule has 3 rings (SSSR count). The summed E-state index contributed by atoms with van der Waals surface area (Å²) in [5, 5.41) is 9.28. The van der Waals surface area contributed by atoms with Crippen LogP contribution < -0.4 is 15.2 Å². The zero-order chi connectivity index (χ0) is 16.6. The number of amides is 1. The van der Waals surface area contributed by atoms with Crippen LogP contribution in [0.3, 0.4) is 0 Å². The molecule has 0 radical (unpaired) electrons. The summed E-state index contributed by atoms with van der Waals surface area (Å²) in [6.07, 6.45) is 0. The first-order valence-electron chi connectivity index (χ1n) is 6.80. The van der Waals surface area contributed by atoms with E-state index < -0.39 is 17.2 Å². The first-order valence-corrected chi connectivity index (χ1v) is 6.80. The maximum absolute atomic E-state index is 12.5. The van der Waals surface area contributed by atoms with Crippen molar-refractivity contribution in [3.05, 3.63) is 51.9 Å². The van der Waals surface area contributed by atoms with Gasteiger partial charge in [0.25, 0.3) is 5.56 Å². The molecule has 1 aliphatic rings. The van der Waals surface area contributed by atoms with Gasteiger partial charge in [0.1, 0.15) is 13.2 Å². The van der Waals surface area contributed by atoms with Crippen molar-refractivity contribution in [3.8, 4) is 5.75 Å². The number of carbonyl (C=O) groups excluding carboxylic acids is 1. The first-order chi connectivity index (χ1) is 11.0. The molecule has 0 unspecified atom stereocenters. The lowest BCUT2D eigenvalue weighted by Crippen LogP contribution is -2.26. The van der Waals surface area contributed by atoms with Crippen molar-refractivity contribution in [2.45, 2.75) is 13.2 Å². The van der Waals surface area contributed by atoms with Crippen LogP contribution in [0.2, 0.25) is 0 Å². The van der Waals surface area contributed by atoms with Crippen LogP contribution in [-0.2, 0) is 17.9 Å². The van der Waals surface area contributed by atoms with E-state index in [-0.39, 0.29) is 30.8 Å². The van der Waals surface area contributed by atoms with Crippen LogP contribution in [0.1, 0.15) is 16.1 Å². The molecule has 0 fully saturated rings. The normalized spacial score (nSPS) is 13.1. The Morgan fingerprint density at radius 1 is 1.30 bits per heavy atom. The van der Waals surface area contributed by atoms with E-state index in [0.717, 1.165) is 15.0 Å². The number of hydrogen-bond donors (Lipinski definition) is 1. The van der Waals surface area contributed by atoms with Crippen molar-refractivity contribution in [2.75, 3.05) is 11.9 Å². The van der Waals surface area contributed by atoms with Gasteiger partial charge in [-0.15, -0.1) is 0 Å². The van der Waals surface area contributed by atoms with E-state index in [9.17, 15) is 19.5 Å². The minimum atomic E-state index is -1.39.